The molecule has 1 atom stereocenters. The van der Waals surface area contributed by atoms with Crippen LogP contribution in [0, 0.1) is 0 Å². The van der Waals surface area contributed by atoms with Crippen LogP contribution in [-0.2, 0) is 9.59 Å². The maximum atomic E-state index is 14.1. The van der Waals surface area contributed by atoms with Crippen LogP contribution in [-0.4, -0.2) is 40.5 Å². The molecule has 3 aromatic carbocycles. The molecule has 1 unspecified atom stereocenters. The van der Waals surface area contributed by atoms with E-state index in [1.165, 1.54) is 0 Å². The molecule has 37 heavy (non-hydrogen) atoms. The van der Waals surface area contributed by atoms with E-state index in [1.54, 1.807) is 21.9 Å². The van der Waals surface area contributed by atoms with E-state index >= 15 is 0 Å². The van der Waals surface area contributed by atoms with Gasteiger partial charge in [0.25, 0.3) is 5.91 Å². The van der Waals surface area contributed by atoms with Gasteiger partial charge in [-0.1, -0.05) is 54.1 Å². The minimum absolute atomic E-state index is 0.0826. The summed E-state index contributed by atoms with van der Waals surface area (Å²) in [6.07, 6.45) is 2.00. The molecule has 2 heterocycles. The zero-order chi connectivity index (χ0) is 25.9. The Hall–Kier alpha value is -4.03. The fourth-order valence-electron chi connectivity index (χ4n) is 4.78. The molecule has 0 bridgehead atoms. The van der Waals surface area contributed by atoms with Crippen molar-refractivity contribution in [1.82, 2.24) is 9.47 Å². The maximum absolute atomic E-state index is 14.1. The predicted octanol–water partition coefficient (Wildman–Crippen LogP) is 5.88. The molecule has 4 aromatic rings. The fraction of sp³-hybridized carbons (Fsp3) is 0.200. The highest BCUT2D eigenvalue weighted by Crippen LogP contribution is 2.42. The van der Waals surface area contributed by atoms with Crippen molar-refractivity contribution >= 4 is 29.1 Å². The lowest BCUT2D eigenvalue weighted by atomic mass is 9.97. The number of benzene rings is 3. The van der Waals surface area contributed by atoms with Gasteiger partial charge in [0.2, 0.25) is 5.91 Å². The summed E-state index contributed by atoms with van der Waals surface area (Å²) in [6.45, 7) is 3.57. The van der Waals surface area contributed by atoms with Crippen LogP contribution in [0.2, 0.25) is 5.02 Å². The number of para-hydroxylation sites is 3. The van der Waals surface area contributed by atoms with Crippen molar-refractivity contribution in [1.29, 1.82) is 0 Å². The average Bonchev–Trinajstić information content (AvgIpc) is 3.40. The Morgan fingerprint density at radius 1 is 0.919 bits per heavy atom. The Balaban J connectivity index is 1.48. The summed E-state index contributed by atoms with van der Waals surface area (Å²) < 4.78 is 7.79. The molecule has 2 amide bonds. The van der Waals surface area contributed by atoms with Crippen LogP contribution >= 0.6 is 11.6 Å². The highest BCUT2D eigenvalue weighted by molar-refractivity contribution is 6.30. The molecular formula is C30H28ClN3O3. The number of halogens is 1. The number of aromatic nitrogens is 1. The molecule has 0 fully saturated rings. The van der Waals surface area contributed by atoms with Crippen LogP contribution in [0.3, 0.4) is 0 Å². The second-order valence-corrected chi connectivity index (χ2v) is 9.67. The highest BCUT2D eigenvalue weighted by atomic mass is 35.5. The van der Waals surface area contributed by atoms with Crippen molar-refractivity contribution in [2.45, 2.75) is 25.9 Å². The standard InChI is InChI=1S/C30H28ClN3O3/c1-21(2)33(29(36)20-37-24-12-4-3-5-13-24)19-28(35)34-26-15-7-6-14-25(26)32-17-9-16-27(32)30(34)22-10-8-11-23(31)18-22/h3-18,21,30H,19-20H2,1-2H3. The maximum Gasteiger partial charge on any atom is 0.261 e. The van der Waals surface area contributed by atoms with Gasteiger partial charge in [0.15, 0.2) is 6.61 Å². The van der Waals surface area contributed by atoms with Gasteiger partial charge in [-0.3, -0.25) is 14.5 Å². The summed E-state index contributed by atoms with van der Waals surface area (Å²) >= 11 is 6.37. The number of carbonyl (C=O) groups is 2. The molecule has 188 valence electrons. The monoisotopic (exact) mass is 513 g/mol. The topological polar surface area (TPSA) is 54.8 Å². The number of anilines is 1. The Morgan fingerprint density at radius 3 is 2.38 bits per heavy atom. The number of amides is 2. The number of hydrogen-bond donors (Lipinski definition) is 0. The molecule has 7 heteroatoms. The van der Waals surface area contributed by atoms with Gasteiger partial charge in [-0.15, -0.1) is 0 Å². The first-order chi connectivity index (χ1) is 17.9. The smallest absolute Gasteiger partial charge is 0.261 e. The predicted molar refractivity (Wildman–Crippen MR) is 145 cm³/mol. The van der Waals surface area contributed by atoms with E-state index in [2.05, 4.69) is 4.57 Å². The lowest BCUT2D eigenvalue weighted by Gasteiger charge is -2.40. The lowest BCUT2D eigenvalue weighted by Crippen LogP contribution is -2.49. The second-order valence-electron chi connectivity index (χ2n) is 9.23. The number of hydrogen-bond acceptors (Lipinski definition) is 3. The van der Waals surface area contributed by atoms with Crippen LogP contribution in [0.1, 0.15) is 31.1 Å². The summed E-state index contributed by atoms with van der Waals surface area (Å²) in [5.41, 5.74) is 3.52. The van der Waals surface area contributed by atoms with Gasteiger partial charge in [0.1, 0.15) is 18.3 Å². The SMILES string of the molecule is CC(C)N(CC(=O)N1c2ccccc2-n2cccc2C1c1cccc(Cl)c1)C(=O)COc1ccccc1. The summed E-state index contributed by atoms with van der Waals surface area (Å²) in [5, 5.41) is 0.596. The third-order valence-electron chi connectivity index (χ3n) is 6.51. The molecule has 0 aliphatic carbocycles. The first-order valence-electron chi connectivity index (χ1n) is 12.3. The zero-order valence-electron chi connectivity index (χ0n) is 20.8. The van der Waals surface area contributed by atoms with Crippen molar-refractivity contribution in [3.8, 4) is 11.4 Å². The molecule has 0 spiro atoms. The van der Waals surface area contributed by atoms with Crippen LogP contribution in [0.25, 0.3) is 5.69 Å². The Labute approximate surface area is 221 Å². The number of ether oxygens (including phenoxy) is 1. The van der Waals surface area contributed by atoms with Crippen molar-refractivity contribution in [3.05, 3.63) is 113 Å². The number of carbonyl (C=O) groups excluding carboxylic acids is 2. The van der Waals surface area contributed by atoms with Crippen LogP contribution in [0.5, 0.6) is 5.75 Å². The average molecular weight is 514 g/mol. The lowest BCUT2D eigenvalue weighted by molar-refractivity contribution is -0.138. The van der Waals surface area contributed by atoms with Crippen LogP contribution in [0.15, 0.2) is 97.2 Å². The van der Waals surface area contributed by atoms with E-state index < -0.39 is 6.04 Å². The van der Waals surface area contributed by atoms with Gasteiger partial charge in [-0.2, -0.15) is 0 Å². The van der Waals surface area contributed by atoms with Gasteiger partial charge in [0.05, 0.1) is 17.1 Å². The Kier molecular flexibility index (Phi) is 7.01. The van der Waals surface area contributed by atoms with Gasteiger partial charge in [-0.05, 0) is 67.9 Å². The van der Waals surface area contributed by atoms with Gasteiger partial charge >= 0.3 is 0 Å². The second kappa shape index (κ2) is 10.5. The van der Waals surface area contributed by atoms with E-state index in [1.807, 2.05) is 98.9 Å². The Bertz CT molecular complexity index is 1420. The number of fused-ring (bicyclic) bond motifs is 3. The molecule has 0 N–H and O–H groups in total. The minimum Gasteiger partial charge on any atom is -0.484 e. The Morgan fingerprint density at radius 2 is 1.65 bits per heavy atom. The first kappa shape index (κ1) is 24.7. The van der Waals surface area contributed by atoms with E-state index in [4.69, 9.17) is 16.3 Å². The van der Waals surface area contributed by atoms with Crippen LogP contribution in [0.4, 0.5) is 5.69 Å². The van der Waals surface area contributed by atoms with Crippen molar-refractivity contribution in [3.63, 3.8) is 0 Å². The number of nitrogens with zero attached hydrogens (tertiary/aromatic N) is 3. The van der Waals surface area contributed by atoms with Gasteiger partial charge in [0, 0.05) is 17.3 Å². The quantitative estimate of drug-likeness (QED) is 0.310. The van der Waals surface area contributed by atoms with Crippen molar-refractivity contribution in [2.75, 3.05) is 18.1 Å². The summed E-state index contributed by atoms with van der Waals surface area (Å²) in [7, 11) is 0. The minimum atomic E-state index is -0.402. The van der Waals surface area contributed by atoms with E-state index in [0.29, 0.717) is 10.8 Å². The van der Waals surface area contributed by atoms with E-state index in [0.717, 1.165) is 22.6 Å². The van der Waals surface area contributed by atoms with Crippen molar-refractivity contribution in [2.24, 2.45) is 0 Å². The molecule has 0 saturated heterocycles. The third-order valence-corrected chi connectivity index (χ3v) is 6.74. The molecule has 1 aliphatic rings. The van der Waals surface area contributed by atoms with Gasteiger partial charge < -0.3 is 14.2 Å². The summed E-state index contributed by atoms with van der Waals surface area (Å²) in [5.74, 6) is 0.171. The number of rotatable bonds is 7. The summed E-state index contributed by atoms with van der Waals surface area (Å²) in [6, 6.07) is 28.0. The summed E-state index contributed by atoms with van der Waals surface area (Å²) in [4.78, 5) is 30.6. The molecule has 1 aromatic heterocycles. The van der Waals surface area contributed by atoms with Gasteiger partial charge in [-0.25, -0.2) is 0 Å². The van der Waals surface area contributed by atoms with E-state index in [-0.39, 0.29) is 31.0 Å². The normalized spacial score (nSPS) is 14.2. The molecule has 0 radical (unpaired) electrons. The largest absolute Gasteiger partial charge is 0.484 e. The first-order valence-corrected chi connectivity index (χ1v) is 12.6. The molecule has 1 aliphatic heterocycles. The van der Waals surface area contributed by atoms with Crippen molar-refractivity contribution < 1.29 is 14.3 Å². The molecule has 6 nitrogen and oxygen atoms in total. The zero-order valence-corrected chi connectivity index (χ0v) is 21.5. The highest BCUT2D eigenvalue weighted by Gasteiger charge is 2.37. The van der Waals surface area contributed by atoms with E-state index in [9.17, 15) is 9.59 Å². The molecular weight excluding hydrogens is 486 g/mol. The third kappa shape index (κ3) is 4.98. The fourth-order valence-corrected chi connectivity index (χ4v) is 4.98. The molecule has 5 rings (SSSR count). The van der Waals surface area contributed by atoms with Crippen LogP contribution < -0.4 is 9.64 Å². The molecule has 0 saturated carbocycles.